The van der Waals surface area contributed by atoms with E-state index in [-0.39, 0.29) is 0 Å². The van der Waals surface area contributed by atoms with Crippen LogP contribution in [0.4, 0.5) is 34.1 Å². The predicted molar refractivity (Wildman–Crippen MR) is 267 cm³/mol. The van der Waals surface area contributed by atoms with Gasteiger partial charge in [-0.2, -0.15) is 0 Å². The summed E-state index contributed by atoms with van der Waals surface area (Å²) in [6.07, 6.45) is 0. The van der Waals surface area contributed by atoms with Crippen LogP contribution in [0.15, 0.2) is 179 Å². The van der Waals surface area contributed by atoms with Gasteiger partial charge in [0.05, 0.1) is 25.6 Å². The third-order valence-corrected chi connectivity index (χ3v) is 12.8. The molecule has 0 spiro atoms. The molecule has 6 nitrogen and oxygen atoms in total. The van der Waals surface area contributed by atoms with E-state index in [0.29, 0.717) is 11.8 Å². The molecule has 0 amide bonds. The smallest absolute Gasteiger partial charge is 0.142 e. The molecule has 0 atom stereocenters. The Kier molecular flexibility index (Phi) is 9.54. The average Bonchev–Trinajstić information content (AvgIpc) is 3.85. The van der Waals surface area contributed by atoms with Crippen LogP contribution < -0.4 is 19.3 Å². The maximum atomic E-state index is 6.69. The summed E-state index contributed by atoms with van der Waals surface area (Å²) in [7, 11) is 3.45. The van der Waals surface area contributed by atoms with Crippen molar-refractivity contribution in [2.45, 2.75) is 39.5 Å². The summed E-state index contributed by atoms with van der Waals surface area (Å²) < 4.78 is 25.1. The SMILES string of the molecule is COc1ccccc1N(c1ccc(C(C)C)cc1)c1ccc2cc3c(cc2c1)oc1cc2c(cc13)oc1cc3cc(N(c4ccc(C(C)C)cc4)c4ccccc4OC)ccc3cc12. The van der Waals surface area contributed by atoms with E-state index in [2.05, 4.69) is 183 Å². The summed E-state index contributed by atoms with van der Waals surface area (Å²) in [4.78, 5) is 4.52. The molecule has 0 aliphatic heterocycles. The molecule has 0 radical (unpaired) electrons. The highest BCUT2D eigenvalue weighted by atomic mass is 16.5. The van der Waals surface area contributed by atoms with Gasteiger partial charge >= 0.3 is 0 Å². The van der Waals surface area contributed by atoms with Crippen LogP contribution in [-0.4, -0.2) is 14.2 Å². The number of methoxy groups -OCH3 is 2. The monoisotopic (exact) mass is 836 g/mol. The van der Waals surface area contributed by atoms with E-state index in [9.17, 15) is 0 Å². The Morgan fingerprint density at radius 2 is 0.719 bits per heavy atom. The first-order valence-electron chi connectivity index (χ1n) is 22.0. The second-order valence-electron chi connectivity index (χ2n) is 17.3. The van der Waals surface area contributed by atoms with Crippen LogP contribution in [0.1, 0.15) is 50.7 Å². The van der Waals surface area contributed by atoms with Gasteiger partial charge in [-0.05, 0) is 154 Å². The number of anilines is 6. The molecule has 11 rings (SSSR count). The van der Waals surface area contributed by atoms with Crippen molar-refractivity contribution in [3.8, 4) is 11.5 Å². The molecule has 2 heterocycles. The minimum absolute atomic E-state index is 0.443. The molecule has 0 bridgehead atoms. The fourth-order valence-electron chi connectivity index (χ4n) is 9.28. The first-order chi connectivity index (χ1) is 31.2. The van der Waals surface area contributed by atoms with Gasteiger partial charge in [0.1, 0.15) is 33.8 Å². The van der Waals surface area contributed by atoms with E-state index < -0.39 is 0 Å². The van der Waals surface area contributed by atoms with Gasteiger partial charge in [0, 0.05) is 44.3 Å². The standard InChI is InChI=1S/C58H48N2O4/c1-35(2)37-15-21-43(22-16-37)59(51-11-7-9-13-53(51)61-5)45-25-19-39-29-47-49-33-58-50(34-57(49)63-55(47)31-41(39)27-45)48-30-40-20-26-46(28-42(40)32-56(48)64-58)60(52-12-8-10-14-54(52)62-6)44-23-17-38(18-24-44)36(3)4/h7-36H,1-6H3. The number of furan rings is 2. The Morgan fingerprint density at radius 1 is 0.359 bits per heavy atom. The van der Waals surface area contributed by atoms with Gasteiger partial charge < -0.3 is 28.1 Å². The Balaban J connectivity index is 0.992. The zero-order chi connectivity index (χ0) is 43.6. The summed E-state index contributed by atoms with van der Waals surface area (Å²) in [5.41, 5.74) is 12.0. The highest BCUT2D eigenvalue weighted by Gasteiger charge is 2.21. The van der Waals surface area contributed by atoms with Gasteiger partial charge in [-0.1, -0.05) is 88.4 Å². The van der Waals surface area contributed by atoms with Crippen LogP contribution in [0, 0.1) is 0 Å². The Labute approximate surface area is 372 Å². The van der Waals surface area contributed by atoms with E-state index in [1.54, 1.807) is 14.2 Å². The highest BCUT2D eigenvalue weighted by molar-refractivity contribution is 6.18. The summed E-state index contributed by atoms with van der Waals surface area (Å²) >= 11 is 0. The van der Waals surface area contributed by atoms with Crippen molar-refractivity contribution in [2.24, 2.45) is 0 Å². The quantitative estimate of drug-likeness (QED) is 0.137. The van der Waals surface area contributed by atoms with Crippen LogP contribution in [0.5, 0.6) is 11.5 Å². The van der Waals surface area contributed by atoms with Gasteiger partial charge in [0.15, 0.2) is 0 Å². The maximum absolute atomic E-state index is 6.69. The Bertz CT molecular complexity index is 3310. The van der Waals surface area contributed by atoms with Crippen molar-refractivity contribution in [2.75, 3.05) is 24.0 Å². The van der Waals surface area contributed by atoms with Crippen LogP contribution in [0.25, 0.3) is 65.4 Å². The third kappa shape index (κ3) is 6.65. The molecule has 314 valence electrons. The van der Waals surface area contributed by atoms with Crippen LogP contribution >= 0.6 is 0 Å². The third-order valence-electron chi connectivity index (χ3n) is 12.8. The van der Waals surface area contributed by atoms with Gasteiger partial charge in [0.2, 0.25) is 0 Å². The van der Waals surface area contributed by atoms with Crippen molar-refractivity contribution in [1.82, 2.24) is 0 Å². The summed E-state index contributed by atoms with van der Waals surface area (Å²) in [5, 5.41) is 8.57. The Morgan fingerprint density at radius 3 is 1.11 bits per heavy atom. The maximum Gasteiger partial charge on any atom is 0.142 e. The molecule has 0 aliphatic rings. The summed E-state index contributed by atoms with van der Waals surface area (Å²) in [6, 6.07) is 60.3. The topological polar surface area (TPSA) is 51.2 Å². The van der Waals surface area contributed by atoms with Crippen LogP contribution in [-0.2, 0) is 0 Å². The van der Waals surface area contributed by atoms with Crippen molar-refractivity contribution in [3.05, 3.63) is 181 Å². The number of ether oxygens (including phenoxy) is 2. The molecule has 9 aromatic carbocycles. The minimum Gasteiger partial charge on any atom is -0.495 e. The molecule has 6 heteroatoms. The molecule has 0 N–H and O–H groups in total. The summed E-state index contributed by atoms with van der Waals surface area (Å²) in [6.45, 7) is 8.88. The molecule has 0 aliphatic carbocycles. The van der Waals surface area contributed by atoms with E-state index in [4.69, 9.17) is 18.3 Å². The van der Waals surface area contributed by atoms with Crippen molar-refractivity contribution < 1.29 is 18.3 Å². The van der Waals surface area contributed by atoms with Gasteiger partial charge in [-0.15, -0.1) is 0 Å². The predicted octanol–water partition coefficient (Wildman–Crippen LogP) is 17.0. The van der Waals surface area contributed by atoms with Gasteiger partial charge in [-0.3, -0.25) is 0 Å². The summed E-state index contributed by atoms with van der Waals surface area (Å²) in [5.74, 6) is 2.49. The zero-order valence-corrected chi connectivity index (χ0v) is 36.8. The second-order valence-corrected chi connectivity index (χ2v) is 17.3. The fourth-order valence-corrected chi connectivity index (χ4v) is 9.28. The molecule has 0 unspecified atom stereocenters. The van der Waals surface area contributed by atoms with Crippen LogP contribution in [0.2, 0.25) is 0 Å². The number of rotatable bonds is 10. The number of benzene rings is 9. The molecule has 0 saturated carbocycles. The number of para-hydroxylation sites is 4. The normalized spacial score (nSPS) is 11.9. The van der Waals surface area contributed by atoms with E-state index in [1.807, 2.05) is 24.3 Å². The second kappa shape index (κ2) is 15.6. The highest BCUT2D eigenvalue weighted by Crippen LogP contribution is 2.45. The van der Waals surface area contributed by atoms with E-state index in [0.717, 1.165) is 111 Å². The largest absolute Gasteiger partial charge is 0.495 e. The first kappa shape index (κ1) is 39.2. The first-order valence-corrected chi connectivity index (χ1v) is 22.0. The van der Waals surface area contributed by atoms with E-state index >= 15 is 0 Å². The van der Waals surface area contributed by atoms with Gasteiger partial charge in [-0.25, -0.2) is 0 Å². The van der Waals surface area contributed by atoms with E-state index in [1.165, 1.54) is 11.1 Å². The molecular formula is C58H48N2O4. The van der Waals surface area contributed by atoms with Crippen LogP contribution in [0.3, 0.4) is 0 Å². The lowest BCUT2D eigenvalue weighted by molar-refractivity contribution is 0.416. The minimum atomic E-state index is 0.443. The molecule has 64 heavy (non-hydrogen) atoms. The number of hydrogen-bond acceptors (Lipinski definition) is 6. The number of fused-ring (bicyclic) bond motifs is 8. The van der Waals surface area contributed by atoms with Gasteiger partial charge in [0.25, 0.3) is 0 Å². The fraction of sp³-hybridized carbons (Fsp3) is 0.138. The number of nitrogens with zero attached hydrogens (tertiary/aromatic N) is 2. The molecule has 11 aromatic rings. The lowest BCUT2D eigenvalue weighted by Crippen LogP contribution is -2.11. The molecule has 2 aromatic heterocycles. The van der Waals surface area contributed by atoms with Crippen molar-refractivity contribution in [3.63, 3.8) is 0 Å². The lowest BCUT2D eigenvalue weighted by atomic mass is 10.0. The van der Waals surface area contributed by atoms with Crippen molar-refractivity contribution >= 4 is 99.5 Å². The molecule has 0 saturated heterocycles. The lowest BCUT2D eigenvalue weighted by Gasteiger charge is -2.27. The zero-order valence-electron chi connectivity index (χ0n) is 36.8. The number of hydrogen-bond donors (Lipinski definition) is 0. The molecular weight excluding hydrogens is 789 g/mol. The average molecular weight is 837 g/mol. The van der Waals surface area contributed by atoms with Crippen molar-refractivity contribution in [1.29, 1.82) is 0 Å². The Hall–Kier alpha value is -7.70. The molecule has 0 fully saturated rings.